The third-order valence-electron chi connectivity index (χ3n) is 3.39. The third kappa shape index (κ3) is 3.03. The Morgan fingerprint density at radius 1 is 0.909 bits per heavy atom. The summed E-state index contributed by atoms with van der Waals surface area (Å²) in [5, 5.41) is 7.46. The average Bonchev–Trinajstić information content (AvgIpc) is 2.44. The number of amides is 1. The molecule has 0 unspecified atom stereocenters. The Bertz CT molecular complexity index is 847. The summed E-state index contributed by atoms with van der Waals surface area (Å²) in [4.78, 5) is 11.8. The van der Waals surface area contributed by atoms with Crippen LogP contribution in [0.15, 0.2) is 54.6 Å². The van der Waals surface area contributed by atoms with E-state index in [2.05, 4.69) is 29.6 Å². The van der Waals surface area contributed by atoms with Gasteiger partial charge in [0.25, 0.3) is 0 Å². The summed E-state index contributed by atoms with van der Waals surface area (Å²) in [5.74, 6) is 0. The summed E-state index contributed by atoms with van der Waals surface area (Å²) in [5.41, 5.74) is 0.231. The zero-order chi connectivity index (χ0) is 15.7. The number of ether oxygens (including phenoxy) is 1. The molecule has 0 radical (unpaired) electrons. The lowest BCUT2D eigenvalue weighted by molar-refractivity contribution is 0.0636. The van der Waals surface area contributed by atoms with Crippen LogP contribution >= 0.6 is 0 Å². The molecule has 0 saturated heterocycles. The molecule has 0 saturated carbocycles. The number of benzene rings is 3. The molecule has 0 atom stereocenters. The molecule has 3 aromatic rings. The minimum absolute atomic E-state index is 0.437. The van der Waals surface area contributed by atoms with Gasteiger partial charge in [0, 0.05) is 5.69 Å². The van der Waals surface area contributed by atoms with Crippen molar-refractivity contribution >= 4 is 33.3 Å². The van der Waals surface area contributed by atoms with Gasteiger partial charge in [-0.05, 0) is 54.4 Å². The van der Waals surface area contributed by atoms with Crippen molar-refractivity contribution < 1.29 is 9.53 Å². The van der Waals surface area contributed by atoms with E-state index in [1.165, 1.54) is 16.2 Å². The number of fused-ring (bicyclic) bond motifs is 3. The SMILES string of the molecule is CC(C)(C)OC(=O)Nc1ccc2c(ccc3ccccc32)c1. The van der Waals surface area contributed by atoms with Crippen LogP contribution in [0, 0.1) is 0 Å². The van der Waals surface area contributed by atoms with Crippen molar-refractivity contribution in [1.82, 2.24) is 0 Å². The van der Waals surface area contributed by atoms with Crippen LogP contribution in [0.2, 0.25) is 0 Å². The Hall–Kier alpha value is -2.55. The topological polar surface area (TPSA) is 38.3 Å². The van der Waals surface area contributed by atoms with E-state index in [0.29, 0.717) is 0 Å². The summed E-state index contributed by atoms with van der Waals surface area (Å²) >= 11 is 0. The van der Waals surface area contributed by atoms with Gasteiger partial charge in [-0.15, -0.1) is 0 Å². The van der Waals surface area contributed by atoms with Crippen molar-refractivity contribution in [2.45, 2.75) is 26.4 Å². The van der Waals surface area contributed by atoms with Crippen LogP contribution in [0.25, 0.3) is 21.5 Å². The first-order valence-electron chi connectivity index (χ1n) is 7.34. The fourth-order valence-corrected chi connectivity index (χ4v) is 2.51. The van der Waals surface area contributed by atoms with Crippen LogP contribution in [0.4, 0.5) is 10.5 Å². The minimum Gasteiger partial charge on any atom is -0.444 e. The predicted octanol–water partition coefficient (Wildman–Crippen LogP) is 5.34. The molecule has 1 N–H and O–H groups in total. The lowest BCUT2D eigenvalue weighted by Crippen LogP contribution is -2.27. The first-order valence-corrected chi connectivity index (χ1v) is 7.34. The molecule has 0 aliphatic rings. The van der Waals surface area contributed by atoms with E-state index in [-0.39, 0.29) is 0 Å². The summed E-state index contributed by atoms with van der Waals surface area (Å²) in [7, 11) is 0. The molecule has 0 fully saturated rings. The van der Waals surface area contributed by atoms with Crippen LogP contribution in [0.3, 0.4) is 0 Å². The van der Waals surface area contributed by atoms with Crippen LogP contribution in [0.1, 0.15) is 20.8 Å². The van der Waals surface area contributed by atoms with E-state index >= 15 is 0 Å². The quantitative estimate of drug-likeness (QED) is 0.615. The van der Waals surface area contributed by atoms with Gasteiger partial charge in [0.15, 0.2) is 0 Å². The van der Waals surface area contributed by atoms with Gasteiger partial charge in [0.1, 0.15) is 5.60 Å². The maximum Gasteiger partial charge on any atom is 0.412 e. The molecular weight excluding hydrogens is 274 g/mol. The number of hydrogen-bond acceptors (Lipinski definition) is 2. The van der Waals surface area contributed by atoms with E-state index in [0.717, 1.165) is 11.1 Å². The van der Waals surface area contributed by atoms with Crippen LogP contribution in [-0.4, -0.2) is 11.7 Å². The first-order chi connectivity index (χ1) is 10.4. The zero-order valence-corrected chi connectivity index (χ0v) is 13.0. The van der Waals surface area contributed by atoms with Crippen molar-refractivity contribution in [2.75, 3.05) is 5.32 Å². The predicted molar refractivity (Wildman–Crippen MR) is 91.3 cm³/mol. The highest BCUT2D eigenvalue weighted by atomic mass is 16.6. The Balaban J connectivity index is 1.94. The number of carbonyl (C=O) groups is 1. The number of anilines is 1. The smallest absolute Gasteiger partial charge is 0.412 e. The summed E-state index contributed by atoms with van der Waals surface area (Å²) in [6, 6.07) is 18.3. The molecule has 3 aromatic carbocycles. The van der Waals surface area contributed by atoms with Gasteiger partial charge in [-0.3, -0.25) is 5.32 Å². The Labute approximate surface area is 129 Å². The molecule has 1 amide bonds. The second-order valence-corrected chi connectivity index (χ2v) is 6.35. The fourth-order valence-electron chi connectivity index (χ4n) is 2.51. The van der Waals surface area contributed by atoms with Crippen LogP contribution < -0.4 is 5.32 Å². The second kappa shape index (κ2) is 5.34. The first kappa shape index (κ1) is 14.4. The lowest BCUT2D eigenvalue weighted by atomic mass is 10.0. The summed E-state index contributed by atoms with van der Waals surface area (Å²) < 4.78 is 5.27. The second-order valence-electron chi connectivity index (χ2n) is 6.35. The minimum atomic E-state index is -0.503. The molecule has 3 heteroatoms. The zero-order valence-electron chi connectivity index (χ0n) is 13.0. The number of hydrogen-bond donors (Lipinski definition) is 1. The lowest BCUT2D eigenvalue weighted by Gasteiger charge is -2.19. The summed E-state index contributed by atoms with van der Waals surface area (Å²) in [6.07, 6.45) is -0.437. The Morgan fingerprint density at radius 3 is 2.36 bits per heavy atom. The van der Waals surface area contributed by atoms with Crippen LogP contribution in [0.5, 0.6) is 0 Å². The molecular formula is C19H19NO2. The highest BCUT2D eigenvalue weighted by Crippen LogP contribution is 2.27. The van der Waals surface area contributed by atoms with Gasteiger partial charge < -0.3 is 4.74 Å². The third-order valence-corrected chi connectivity index (χ3v) is 3.39. The Kier molecular flexibility index (Phi) is 3.49. The number of nitrogens with one attached hydrogen (secondary N) is 1. The molecule has 0 aliphatic carbocycles. The van der Waals surface area contributed by atoms with Crippen molar-refractivity contribution in [3.8, 4) is 0 Å². The van der Waals surface area contributed by atoms with Gasteiger partial charge in [0.05, 0.1) is 0 Å². The molecule has 112 valence electrons. The van der Waals surface area contributed by atoms with Crippen LogP contribution in [-0.2, 0) is 4.74 Å². The van der Waals surface area contributed by atoms with Gasteiger partial charge in [0.2, 0.25) is 0 Å². The van der Waals surface area contributed by atoms with Crippen molar-refractivity contribution in [3.05, 3.63) is 54.6 Å². The number of rotatable bonds is 1. The molecule has 0 aromatic heterocycles. The van der Waals surface area contributed by atoms with E-state index < -0.39 is 11.7 Å². The van der Waals surface area contributed by atoms with E-state index in [4.69, 9.17) is 4.74 Å². The molecule has 3 rings (SSSR count). The highest BCUT2D eigenvalue weighted by molar-refractivity contribution is 6.08. The number of carbonyl (C=O) groups excluding carboxylic acids is 1. The molecule has 0 heterocycles. The van der Waals surface area contributed by atoms with Gasteiger partial charge in [-0.2, -0.15) is 0 Å². The molecule has 0 aliphatic heterocycles. The highest BCUT2D eigenvalue weighted by Gasteiger charge is 2.16. The maximum absolute atomic E-state index is 11.8. The van der Waals surface area contributed by atoms with Crippen molar-refractivity contribution in [2.24, 2.45) is 0 Å². The maximum atomic E-state index is 11.8. The van der Waals surface area contributed by atoms with E-state index in [1.807, 2.05) is 51.1 Å². The van der Waals surface area contributed by atoms with Gasteiger partial charge in [-0.25, -0.2) is 4.79 Å². The normalized spacial score (nSPS) is 11.6. The molecule has 3 nitrogen and oxygen atoms in total. The van der Waals surface area contributed by atoms with Crippen molar-refractivity contribution in [3.63, 3.8) is 0 Å². The standard InChI is InChI=1S/C19H19NO2/c1-19(2,3)22-18(21)20-15-10-11-17-14(12-15)9-8-13-6-4-5-7-16(13)17/h4-12H,1-3H3,(H,20,21). The fraction of sp³-hybridized carbons (Fsp3) is 0.211. The van der Waals surface area contributed by atoms with E-state index in [1.54, 1.807) is 0 Å². The van der Waals surface area contributed by atoms with Crippen molar-refractivity contribution in [1.29, 1.82) is 0 Å². The Morgan fingerprint density at radius 2 is 1.59 bits per heavy atom. The van der Waals surface area contributed by atoms with Gasteiger partial charge >= 0.3 is 6.09 Å². The molecule has 0 spiro atoms. The van der Waals surface area contributed by atoms with E-state index in [9.17, 15) is 4.79 Å². The monoisotopic (exact) mass is 293 g/mol. The average molecular weight is 293 g/mol. The summed E-state index contributed by atoms with van der Waals surface area (Å²) in [6.45, 7) is 5.54. The molecule has 22 heavy (non-hydrogen) atoms. The van der Waals surface area contributed by atoms with Gasteiger partial charge in [-0.1, -0.05) is 42.5 Å². The largest absolute Gasteiger partial charge is 0.444 e. The molecule has 0 bridgehead atoms.